The maximum atomic E-state index is 10.9. The molecule has 0 spiro atoms. The molecule has 94 valence electrons. The van der Waals surface area contributed by atoms with Gasteiger partial charge in [-0.25, -0.2) is 4.85 Å². The third-order valence-electron chi connectivity index (χ3n) is 3.25. The third-order valence-corrected chi connectivity index (χ3v) is 4.22. The fourth-order valence-corrected chi connectivity index (χ4v) is 3.19. The number of benzene rings is 1. The second-order valence-electron chi connectivity index (χ2n) is 4.34. The average Bonchev–Trinajstić information content (AvgIpc) is 2.90. The highest BCUT2D eigenvalue weighted by Gasteiger charge is 2.26. The molecule has 1 aromatic carbocycles. The number of carbonyl (C=O) groups excluding carboxylic acids is 1. The van der Waals surface area contributed by atoms with E-state index in [9.17, 15) is 4.79 Å². The predicted molar refractivity (Wildman–Crippen MR) is 73.9 cm³/mol. The largest absolute Gasteiger partial charge is 0.370 e. The van der Waals surface area contributed by atoms with E-state index in [0.717, 1.165) is 23.8 Å². The summed E-state index contributed by atoms with van der Waals surface area (Å²) >= 11 is 1.23. The molecule has 2 heterocycles. The molecule has 0 N–H and O–H groups in total. The highest BCUT2D eigenvalue weighted by molar-refractivity contribution is 7.17. The van der Waals surface area contributed by atoms with E-state index in [-0.39, 0.29) is 6.10 Å². The van der Waals surface area contributed by atoms with Crippen LogP contribution in [0.2, 0.25) is 0 Å². The standard InChI is InChI=1S/C15H11NO2S/c1-16-15-13(8-11(9-17)19-15)14-12-5-3-2-4-10(12)6-7-18-14/h2-5,8-9,14H,6-7H2. The van der Waals surface area contributed by atoms with Crippen molar-refractivity contribution in [3.8, 4) is 0 Å². The van der Waals surface area contributed by atoms with Gasteiger partial charge in [-0.1, -0.05) is 24.3 Å². The van der Waals surface area contributed by atoms with Crippen LogP contribution >= 0.6 is 11.3 Å². The molecule has 3 rings (SSSR count). The van der Waals surface area contributed by atoms with Crippen molar-refractivity contribution in [1.82, 2.24) is 0 Å². The Balaban J connectivity index is 2.11. The second-order valence-corrected chi connectivity index (χ2v) is 5.40. The molecule has 0 radical (unpaired) electrons. The molecule has 0 aliphatic carbocycles. The van der Waals surface area contributed by atoms with Crippen LogP contribution in [0, 0.1) is 6.57 Å². The Morgan fingerprint density at radius 1 is 1.37 bits per heavy atom. The van der Waals surface area contributed by atoms with Crippen molar-refractivity contribution in [2.45, 2.75) is 12.5 Å². The van der Waals surface area contributed by atoms with Crippen LogP contribution in [0.5, 0.6) is 0 Å². The van der Waals surface area contributed by atoms with E-state index in [1.165, 1.54) is 16.9 Å². The van der Waals surface area contributed by atoms with Crippen LogP contribution in [0.1, 0.15) is 32.5 Å². The van der Waals surface area contributed by atoms with Crippen LogP contribution in [0.15, 0.2) is 30.3 Å². The molecule has 1 aliphatic heterocycles. The number of nitrogens with zero attached hydrogens (tertiary/aromatic N) is 1. The predicted octanol–water partition coefficient (Wildman–Crippen LogP) is 3.77. The molecule has 2 aromatic rings. The normalized spacial score (nSPS) is 17.5. The minimum absolute atomic E-state index is 0.223. The van der Waals surface area contributed by atoms with E-state index in [4.69, 9.17) is 11.3 Å². The summed E-state index contributed by atoms with van der Waals surface area (Å²) in [5.74, 6) is 0. The van der Waals surface area contributed by atoms with E-state index in [2.05, 4.69) is 10.9 Å². The first-order chi connectivity index (χ1) is 9.33. The fourth-order valence-electron chi connectivity index (χ4n) is 2.40. The molecular weight excluding hydrogens is 258 g/mol. The molecular formula is C15H11NO2S. The number of aldehydes is 1. The van der Waals surface area contributed by atoms with Gasteiger partial charge in [-0.2, -0.15) is 11.3 Å². The number of thiophene rings is 1. The van der Waals surface area contributed by atoms with E-state index >= 15 is 0 Å². The monoisotopic (exact) mass is 269 g/mol. The van der Waals surface area contributed by atoms with Crippen molar-refractivity contribution in [1.29, 1.82) is 0 Å². The molecule has 3 nitrogen and oxygen atoms in total. The number of carbonyl (C=O) groups is 1. The Labute approximate surface area is 115 Å². The first-order valence-corrected chi connectivity index (χ1v) is 6.81. The van der Waals surface area contributed by atoms with Gasteiger partial charge >= 0.3 is 0 Å². The summed E-state index contributed by atoms with van der Waals surface area (Å²) < 4.78 is 5.84. The van der Waals surface area contributed by atoms with Crippen LogP contribution in [0.4, 0.5) is 5.00 Å². The maximum absolute atomic E-state index is 10.9. The summed E-state index contributed by atoms with van der Waals surface area (Å²) in [4.78, 5) is 15.0. The topological polar surface area (TPSA) is 30.7 Å². The molecule has 0 amide bonds. The van der Waals surface area contributed by atoms with Crippen molar-refractivity contribution in [2.75, 3.05) is 6.61 Å². The highest BCUT2D eigenvalue weighted by atomic mass is 32.1. The van der Waals surface area contributed by atoms with Crippen molar-refractivity contribution in [2.24, 2.45) is 0 Å². The van der Waals surface area contributed by atoms with Crippen LogP contribution in [-0.4, -0.2) is 12.9 Å². The lowest BCUT2D eigenvalue weighted by Gasteiger charge is -2.26. The number of ether oxygens (including phenoxy) is 1. The van der Waals surface area contributed by atoms with E-state index < -0.39 is 0 Å². The zero-order chi connectivity index (χ0) is 13.2. The number of hydrogen-bond donors (Lipinski definition) is 0. The minimum atomic E-state index is -0.223. The maximum Gasteiger partial charge on any atom is 0.247 e. The highest BCUT2D eigenvalue weighted by Crippen LogP contribution is 2.41. The molecule has 1 aromatic heterocycles. The molecule has 0 saturated heterocycles. The van der Waals surface area contributed by atoms with Crippen molar-refractivity contribution in [3.63, 3.8) is 0 Å². The Bertz CT molecular complexity index is 669. The summed E-state index contributed by atoms with van der Waals surface area (Å²) in [5, 5.41) is 0.545. The number of fused-ring (bicyclic) bond motifs is 1. The Kier molecular flexibility index (Phi) is 3.16. The zero-order valence-corrected chi connectivity index (χ0v) is 10.9. The Morgan fingerprint density at radius 3 is 3.00 bits per heavy atom. The van der Waals surface area contributed by atoms with Gasteiger partial charge in [0.15, 0.2) is 6.29 Å². The molecule has 4 heteroatoms. The lowest BCUT2D eigenvalue weighted by Crippen LogP contribution is -2.16. The molecule has 19 heavy (non-hydrogen) atoms. The molecule has 0 saturated carbocycles. The van der Waals surface area contributed by atoms with E-state index in [1.807, 2.05) is 18.2 Å². The van der Waals surface area contributed by atoms with Crippen molar-refractivity contribution in [3.05, 3.63) is 63.3 Å². The Hall–Kier alpha value is -1.96. The van der Waals surface area contributed by atoms with E-state index in [0.29, 0.717) is 16.5 Å². The van der Waals surface area contributed by atoms with Gasteiger partial charge in [-0.15, -0.1) is 0 Å². The number of hydrogen-bond acceptors (Lipinski definition) is 3. The van der Waals surface area contributed by atoms with Gasteiger partial charge in [-0.3, -0.25) is 4.79 Å². The van der Waals surface area contributed by atoms with Gasteiger partial charge in [0.25, 0.3) is 0 Å². The van der Waals surface area contributed by atoms with Gasteiger partial charge in [-0.05, 0) is 23.6 Å². The summed E-state index contributed by atoms with van der Waals surface area (Å²) in [6.07, 6.45) is 1.46. The van der Waals surface area contributed by atoms with Gasteiger partial charge < -0.3 is 4.74 Å². The quantitative estimate of drug-likeness (QED) is 0.613. The molecule has 0 fully saturated rings. The second kappa shape index (κ2) is 4.96. The summed E-state index contributed by atoms with van der Waals surface area (Å²) in [6.45, 7) is 7.88. The average molecular weight is 269 g/mol. The number of rotatable bonds is 2. The van der Waals surface area contributed by atoms with Gasteiger partial charge in [0.2, 0.25) is 5.00 Å². The summed E-state index contributed by atoms with van der Waals surface area (Å²) in [7, 11) is 0. The third kappa shape index (κ3) is 2.07. The molecule has 1 unspecified atom stereocenters. The summed E-state index contributed by atoms with van der Waals surface area (Å²) in [6, 6.07) is 9.89. The molecule has 1 aliphatic rings. The van der Waals surface area contributed by atoms with Gasteiger partial charge in [0.1, 0.15) is 0 Å². The Morgan fingerprint density at radius 2 is 2.21 bits per heavy atom. The first kappa shape index (κ1) is 12.1. The van der Waals surface area contributed by atoms with Crippen molar-refractivity contribution < 1.29 is 9.53 Å². The van der Waals surface area contributed by atoms with Gasteiger partial charge in [0.05, 0.1) is 24.2 Å². The SMILES string of the molecule is [C-]#[N+]c1sc(C=O)cc1C1OCCc2ccccc21. The fraction of sp³-hybridized carbons (Fsp3) is 0.200. The van der Waals surface area contributed by atoms with Gasteiger partial charge in [0, 0.05) is 5.56 Å². The molecule has 1 atom stereocenters. The summed E-state index contributed by atoms with van der Waals surface area (Å²) in [5.41, 5.74) is 3.18. The zero-order valence-electron chi connectivity index (χ0n) is 10.1. The van der Waals surface area contributed by atoms with E-state index in [1.54, 1.807) is 6.07 Å². The van der Waals surface area contributed by atoms with Crippen LogP contribution < -0.4 is 0 Å². The minimum Gasteiger partial charge on any atom is -0.370 e. The van der Waals surface area contributed by atoms with Crippen LogP contribution in [0.25, 0.3) is 4.85 Å². The smallest absolute Gasteiger partial charge is 0.247 e. The lowest BCUT2D eigenvalue weighted by atomic mass is 9.94. The van der Waals surface area contributed by atoms with Crippen LogP contribution in [-0.2, 0) is 11.2 Å². The lowest BCUT2D eigenvalue weighted by molar-refractivity contribution is 0.0706. The molecule has 0 bridgehead atoms. The first-order valence-electron chi connectivity index (χ1n) is 5.99. The van der Waals surface area contributed by atoms with Crippen LogP contribution in [0.3, 0.4) is 0 Å². The van der Waals surface area contributed by atoms with Crippen molar-refractivity contribution >= 4 is 22.6 Å².